The lowest BCUT2D eigenvalue weighted by atomic mass is 9.97. The molecule has 0 atom stereocenters. The zero-order chi connectivity index (χ0) is 14.8. The number of pyridine rings is 1. The molecular formula is C16H13FN2OS. The van der Waals surface area contributed by atoms with E-state index in [4.69, 9.17) is 17.0 Å². The molecule has 0 saturated heterocycles. The Labute approximate surface area is 127 Å². The molecule has 3 rings (SSSR count). The van der Waals surface area contributed by atoms with Gasteiger partial charge in [0.15, 0.2) is 0 Å². The summed E-state index contributed by atoms with van der Waals surface area (Å²) < 4.78 is 19.4. The summed E-state index contributed by atoms with van der Waals surface area (Å²) in [7, 11) is 1.55. The molecule has 1 aliphatic rings. The molecule has 1 aromatic heterocycles. The average molecular weight is 300 g/mol. The maximum absolute atomic E-state index is 14.3. The van der Waals surface area contributed by atoms with E-state index in [0.29, 0.717) is 17.1 Å². The fourth-order valence-corrected chi connectivity index (χ4v) is 2.89. The van der Waals surface area contributed by atoms with Crippen molar-refractivity contribution in [1.82, 2.24) is 4.98 Å². The van der Waals surface area contributed by atoms with Crippen molar-refractivity contribution in [1.29, 1.82) is 0 Å². The number of thiocarbonyl (C=S) groups is 1. The number of aliphatic imine (C=N–C) groups is 1. The Morgan fingerprint density at radius 3 is 2.90 bits per heavy atom. The van der Waals surface area contributed by atoms with Gasteiger partial charge in [0.25, 0.3) is 0 Å². The van der Waals surface area contributed by atoms with Gasteiger partial charge in [-0.15, -0.1) is 0 Å². The molecule has 0 aliphatic heterocycles. The van der Waals surface area contributed by atoms with Gasteiger partial charge in [-0.05, 0) is 60.3 Å². The predicted molar refractivity (Wildman–Crippen MR) is 82.9 cm³/mol. The summed E-state index contributed by atoms with van der Waals surface area (Å²) in [5.74, 6) is 0.294. The molecule has 0 saturated carbocycles. The first-order chi connectivity index (χ1) is 10.2. The van der Waals surface area contributed by atoms with Crippen molar-refractivity contribution in [2.45, 2.75) is 19.3 Å². The monoisotopic (exact) mass is 300 g/mol. The van der Waals surface area contributed by atoms with Crippen LogP contribution in [0.1, 0.15) is 17.5 Å². The highest BCUT2D eigenvalue weighted by Crippen LogP contribution is 2.41. The Balaban J connectivity index is 2.26. The van der Waals surface area contributed by atoms with Crippen LogP contribution in [0, 0.1) is 5.82 Å². The molecule has 0 spiro atoms. The Bertz CT molecular complexity index is 754. The van der Waals surface area contributed by atoms with Crippen molar-refractivity contribution in [2.24, 2.45) is 4.99 Å². The summed E-state index contributed by atoms with van der Waals surface area (Å²) in [6.45, 7) is 0. The quantitative estimate of drug-likeness (QED) is 0.631. The van der Waals surface area contributed by atoms with E-state index in [-0.39, 0.29) is 5.82 Å². The fourth-order valence-electron chi connectivity index (χ4n) is 2.80. The predicted octanol–water partition coefficient (Wildman–Crippen LogP) is 4.12. The summed E-state index contributed by atoms with van der Waals surface area (Å²) in [6.07, 6.45) is 4.14. The van der Waals surface area contributed by atoms with Crippen molar-refractivity contribution in [2.75, 3.05) is 7.11 Å². The second-order valence-corrected chi connectivity index (χ2v) is 5.04. The SMILES string of the molecule is COc1cc(-c2cc(F)c3c(c2N=C=S)CCC3)ccn1. The molecular weight excluding hydrogens is 287 g/mol. The summed E-state index contributed by atoms with van der Waals surface area (Å²) in [5, 5.41) is 2.41. The number of halogens is 1. The van der Waals surface area contributed by atoms with Crippen LogP contribution in [-0.2, 0) is 12.8 Å². The fraction of sp³-hybridized carbons (Fsp3) is 0.250. The smallest absolute Gasteiger partial charge is 0.213 e. The molecule has 0 unspecified atom stereocenters. The highest BCUT2D eigenvalue weighted by molar-refractivity contribution is 7.78. The van der Waals surface area contributed by atoms with Crippen LogP contribution in [0.25, 0.3) is 11.1 Å². The molecule has 1 aliphatic carbocycles. The number of aromatic nitrogens is 1. The Morgan fingerprint density at radius 2 is 2.14 bits per heavy atom. The van der Waals surface area contributed by atoms with Gasteiger partial charge in [-0.2, -0.15) is 4.99 Å². The molecule has 2 aromatic rings. The first-order valence-corrected chi connectivity index (χ1v) is 7.08. The van der Waals surface area contributed by atoms with E-state index in [1.807, 2.05) is 0 Å². The molecule has 5 heteroatoms. The van der Waals surface area contributed by atoms with Crippen molar-refractivity contribution in [3.8, 4) is 17.0 Å². The van der Waals surface area contributed by atoms with Crippen LogP contribution in [0.4, 0.5) is 10.1 Å². The van der Waals surface area contributed by atoms with Crippen molar-refractivity contribution in [3.63, 3.8) is 0 Å². The van der Waals surface area contributed by atoms with Gasteiger partial charge in [0.05, 0.1) is 18.0 Å². The highest BCUT2D eigenvalue weighted by atomic mass is 32.1. The molecule has 0 fully saturated rings. The molecule has 0 N–H and O–H groups in total. The summed E-state index contributed by atoms with van der Waals surface area (Å²) in [4.78, 5) is 8.26. The topological polar surface area (TPSA) is 34.5 Å². The standard InChI is InChI=1S/C16H13FN2OS/c1-20-15-7-10(5-6-18-15)13-8-14(17)11-3-2-4-12(11)16(13)19-9-21/h5-8H,2-4H2,1H3. The van der Waals surface area contributed by atoms with Gasteiger partial charge in [0.2, 0.25) is 5.88 Å². The molecule has 3 nitrogen and oxygen atoms in total. The second kappa shape index (κ2) is 5.72. The number of nitrogens with zero attached hydrogens (tertiary/aromatic N) is 2. The third-order valence-corrected chi connectivity index (χ3v) is 3.82. The van der Waals surface area contributed by atoms with Crippen LogP contribution in [0.5, 0.6) is 5.88 Å². The maximum atomic E-state index is 14.3. The number of fused-ring (bicyclic) bond motifs is 1. The van der Waals surface area contributed by atoms with Gasteiger partial charge in [0, 0.05) is 17.8 Å². The van der Waals surface area contributed by atoms with Crippen LogP contribution < -0.4 is 4.74 Å². The van der Waals surface area contributed by atoms with Crippen LogP contribution in [-0.4, -0.2) is 17.3 Å². The van der Waals surface area contributed by atoms with Gasteiger partial charge in [-0.1, -0.05) is 0 Å². The minimum atomic E-state index is -0.184. The van der Waals surface area contributed by atoms with Crippen LogP contribution in [0.3, 0.4) is 0 Å². The number of rotatable bonds is 3. The number of hydrogen-bond donors (Lipinski definition) is 0. The largest absolute Gasteiger partial charge is 0.481 e. The highest BCUT2D eigenvalue weighted by Gasteiger charge is 2.22. The van der Waals surface area contributed by atoms with Gasteiger partial charge < -0.3 is 4.74 Å². The number of benzene rings is 1. The zero-order valence-corrected chi connectivity index (χ0v) is 12.3. The van der Waals surface area contributed by atoms with Crippen LogP contribution >= 0.6 is 12.2 Å². The zero-order valence-electron chi connectivity index (χ0n) is 11.5. The average Bonchev–Trinajstić information content (AvgIpc) is 3.00. The van der Waals surface area contributed by atoms with E-state index in [2.05, 4.69) is 15.1 Å². The van der Waals surface area contributed by atoms with Crippen molar-refractivity contribution >= 4 is 23.1 Å². The van der Waals surface area contributed by atoms with Gasteiger partial charge in [-0.3, -0.25) is 0 Å². The Kier molecular flexibility index (Phi) is 3.78. The van der Waals surface area contributed by atoms with Crippen LogP contribution in [0.15, 0.2) is 29.4 Å². The lowest BCUT2D eigenvalue weighted by Crippen LogP contribution is -1.94. The second-order valence-electron chi connectivity index (χ2n) is 4.86. The lowest BCUT2D eigenvalue weighted by molar-refractivity contribution is 0.398. The summed E-state index contributed by atoms with van der Waals surface area (Å²) in [5.41, 5.74) is 3.92. The van der Waals surface area contributed by atoms with E-state index in [1.165, 1.54) is 6.07 Å². The first kappa shape index (κ1) is 13.9. The number of methoxy groups -OCH3 is 1. The third-order valence-electron chi connectivity index (χ3n) is 3.73. The molecule has 0 bridgehead atoms. The number of ether oxygens (including phenoxy) is 1. The van der Waals surface area contributed by atoms with E-state index in [0.717, 1.165) is 36.0 Å². The number of hydrogen-bond acceptors (Lipinski definition) is 4. The molecule has 21 heavy (non-hydrogen) atoms. The van der Waals surface area contributed by atoms with Gasteiger partial charge in [0.1, 0.15) is 5.82 Å². The Morgan fingerprint density at radius 1 is 1.33 bits per heavy atom. The molecule has 0 radical (unpaired) electrons. The van der Waals surface area contributed by atoms with Crippen molar-refractivity contribution in [3.05, 3.63) is 41.3 Å². The van der Waals surface area contributed by atoms with Gasteiger partial charge >= 0.3 is 0 Å². The molecule has 1 aromatic carbocycles. The van der Waals surface area contributed by atoms with Crippen LogP contribution in [0.2, 0.25) is 0 Å². The minimum Gasteiger partial charge on any atom is -0.481 e. The molecule has 106 valence electrons. The Hall–Kier alpha value is -2.10. The summed E-state index contributed by atoms with van der Waals surface area (Å²) in [6, 6.07) is 5.09. The first-order valence-electron chi connectivity index (χ1n) is 6.67. The van der Waals surface area contributed by atoms with E-state index < -0.39 is 0 Å². The van der Waals surface area contributed by atoms with Crippen molar-refractivity contribution < 1.29 is 9.13 Å². The molecule has 0 amide bonds. The van der Waals surface area contributed by atoms with E-state index >= 15 is 0 Å². The lowest BCUT2D eigenvalue weighted by Gasteiger charge is -2.12. The maximum Gasteiger partial charge on any atom is 0.213 e. The normalized spacial score (nSPS) is 12.7. The van der Waals surface area contributed by atoms with E-state index in [9.17, 15) is 4.39 Å². The minimum absolute atomic E-state index is 0.184. The van der Waals surface area contributed by atoms with Gasteiger partial charge in [-0.25, -0.2) is 9.37 Å². The molecule has 1 heterocycles. The number of isothiocyanates is 1. The summed E-state index contributed by atoms with van der Waals surface area (Å²) >= 11 is 4.75. The third kappa shape index (κ3) is 2.46. The van der Waals surface area contributed by atoms with E-state index in [1.54, 1.807) is 25.4 Å².